The Hall–Kier alpha value is -1.34. The highest BCUT2D eigenvalue weighted by molar-refractivity contribution is 5.77. The highest BCUT2D eigenvalue weighted by Crippen LogP contribution is 2.17. The van der Waals surface area contributed by atoms with Gasteiger partial charge in [0.25, 0.3) is 0 Å². The van der Waals surface area contributed by atoms with Gasteiger partial charge in [-0.05, 0) is 27.7 Å². The van der Waals surface area contributed by atoms with Crippen molar-refractivity contribution in [3.05, 3.63) is 0 Å². The molecule has 3 N–H and O–H groups in total. The monoisotopic (exact) mass is 261 g/mol. The molecule has 0 saturated carbocycles. The Balaban J connectivity index is 2.65. The number of carbonyl (C=O) groups excluding carboxylic acids is 2. The van der Waals surface area contributed by atoms with E-state index in [9.17, 15) is 19.8 Å². The van der Waals surface area contributed by atoms with E-state index in [1.807, 2.05) is 0 Å². The van der Waals surface area contributed by atoms with Crippen molar-refractivity contribution >= 4 is 12.1 Å². The van der Waals surface area contributed by atoms with Crippen LogP contribution in [0, 0.1) is 0 Å². The van der Waals surface area contributed by atoms with E-state index in [0.29, 0.717) is 0 Å². The Kier molecular flexibility index (Phi) is 4.18. The first-order valence-electron chi connectivity index (χ1n) is 5.68. The van der Waals surface area contributed by atoms with Crippen molar-refractivity contribution in [2.24, 2.45) is 0 Å². The van der Waals surface area contributed by atoms with E-state index in [4.69, 9.17) is 9.47 Å². The molecule has 1 fully saturated rings. The van der Waals surface area contributed by atoms with Gasteiger partial charge in [-0.15, -0.1) is 0 Å². The standard InChI is InChI=1S/C11H19NO6/c1-5-6(7(13)8(14)9(15)17-5)12-10(16)18-11(2,3)4/h5-8,13-14H,1-4H3,(H,12,16)/t5-,6+,7-,8-/m1/s1. The number of aliphatic hydroxyl groups excluding tert-OH is 2. The number of esters is 1. The molecule has 0 aliphatic carbocycles. The van der Waals surface area contributed by atoms with Crippen LogP contribution in [0.2, 0.25) is 0 Å². The number of hydrogen-bond acceptors (Lipinski definition) is 6. The maximum atomic E-state index is 11.5. The molecular formula is C11H19NO6. The Bertz CT molecular complexity index is 337. The number of cyclic esters (lactones) is 1. The lowest BCUT2D eigenvalue weighted by molar-refractivity contribution is -0.182. The minimum Gasteiger partial charge on any atom is -0.458 e. The van der Waals surface area contributed by atoms with Gasteiger partial charge in [0.15, 0.2) is 6.10 Å². The average Bonchev–Trinajstić information content (AvgIpc) is 2.19. The van der Waals surface area contributed by atoms with Crippen LogP contribution >= 0.6 is 0 Å². The molecule has 7 heteroatoms. The Morgan fingerprint density at radius 2 is 1.94 bits per heavy atom. The fourth-order valence-corrected chi connectivity index (χ4v) is 1.59. The summed E-state index contributed by atoms with van der Waals surface area (Å²) in [5.74, 6) is -0.905. The Morgan fingerprint density at radius 1 is 1.39 bits per heavy atom. The third kappa shape index (κ3) is 3.58. The molecule has 1 heterocycles. The van der Waals surface area contributed by atoms with E-state index >= 15 is 0 Å². The number of ether oxygens (including phenoxy) is 2. The molecule has 7 nitrogen and oxygen atoms in total. The molecule has 4 atom stereocenters. The molecule has 0 aromatic rings. The van der Waals surface area contributed by atoms with Gasteiger partial charge in [0, 0.05) is 0 Å². The maximum Gasteiger partial charge on any atom is 0.408 e. The van der Waals surface area contributed by atoms with Crippen molar-refractivity contribution < 1.29 is 29.3 Å². The summed E-state index contributed by atoms with van der Waals surface area (Å²) in [5.41, 5.74) is -0.678. The number of hydrogen-bond donors (Lipinski definition) is 3. The minimum atomic E-state index is -1.67. The number of amides is 1. The summed E-state index contributed by atoms with van der Waals surface area (Å²) >= 11 is 0. The third-order valence-corrected chi connectivity index (χ3v) is 2.42. The zero-order valence-electron chi connectivity index (χ0n) is 10.8. The largest absolute Gasteiger partial charge is 0.458 e. The predicted octanol–water partition coefficient (Wildman–Crippen LogP) is -0.453. The molecular weight excluding hydrogens is 242 g/mol. The molecule has 0 radical (unpaired) electrons. The van der Waals surface area contributed by atoms with Gasteiger partial charge in [-0.2, -0.15) is 0 Å². The molecule has 0 bridgehead atoms. The minimum absolute atomic E-state index is 0.678. The lowest BCUT2D eigenvalue weighted by Gasteiger charge is -2.36. The maximum absolute atomic E-state index is 11.5. The number of carbonyl (C=O) groups is 2. The average molecular weight is 261 g/mol. The summed E-state index contributed by atoms with van der Waals surface area (Å²) in [4.78, 5) is 22.6. The Morgan fingerprint density at radius 3 is 2.44 bits per heavy atom. The fraction of sp³-hybridized carbons (Fsp3) is 0.818. The van der Waals surface area contributed by atoms with Crippen LogP contribution in [0.4, 0.5) is 4.79 Å². The number of nitrogens with one attached hydrogen (secondary N) is 1. The molecule has 104 valence electrons. The van der Waals surface area contributed by atoms with Gasteiger partial charge in [-0.25, -0.2) is 9.59 Å². The zero-order valence-corrected chi connectivity index (χ0v) is 10.8. The highest BCUT2D eigenvalue weighted by Gasteiger charge is 2.43. The van der Waals surface area contributed by atoms with Crippen LogP contribution in [0.5, 0.6) is 0 Å². The lowest BCUT2D eigenvalue weighted by atomic mass is 9.98. The summed E-state index contributed by atoms with van der Waals surface area (Å²) in [7, 11) is 0. The van der Waals surface area contributed by atoms with Crippen LogP contribution in [-0.2, 0) is 14.3 Å². The molecule has 1 aliphatic rings. The van der Waals surface area contributed by atoms with Crippen molar-refractivity contribution in [3.8, 4) is 0 Å². The summed E-state index contributed by atoms with van der Waals surface area (Å²) in [6, 6.07) is -0.910. The smallest absolute Gasteiger partial charge is 0.408 e. The van der Waals surface area contributed by atoms with E-state index in [2.05, 4.69) is 5.32 Å². The van der Waals surface area contributed by atoms with Crippen LogP contribution in [0.1, 0.15) is 27.7 Å². The van der Waals surface area contributed by atoms with Gasteiger partial charge in [-0.1, -0.05) is 0 Å². The topological polar surface area (TPSA) is 105 Å². The molecule has 0 aromatic carbocycles. The van der Waals surface area contributed by atoms with E-state index < -0.39 is 42.0 Å². The van der Waals surface area contributed by atoms with Crippen LogP contribution in [0.15, 0.2) is 0 Å². The second-order valence-corrected chi connectivity index (χ2v) is 5.25. The molecule has 0 spiro atoms. The van der Waals surface area contributed by atoms with Gasteiger partial charge in [0.2, 0.25) is 0 Å². The number of rotatable bonds is 1. The van der Waals surface area contributed by atoms with Crippen LogP contribution < -0.4 is 5.32 Å². The summed E-state index contributed by atoms with van der Waals surface area (Å²) in [6.07, 6.45) is -4.58. The Labute approximate surface area is 105 Å². The van der Waals surface area contributed by atoms with Crippen molar-refractivity contribution in [3.63, 3.8) is 0 Å². The summed E-state index contributed by atoms with van der Waals surface area (Å²) < 4.78 is 9.81. The second-order valence-electron chi connectivity index (χ2n) is 5.25. The molecule has 0 aromatic heterocycles. The van der Waals surface area contributed by atoms with E-state index in [0.717, 1.165) is 0 Å². The van der Waals surface area contributed by atoms with Crippen molar-refractivity contribution in [2.45, 2.75) is 57.6 Å². The molecule has 1 amide bonds. The van der Waals surface area contributed by atoms with Crippen molar-refractivity contribution in [1.29, 1.82) is 0 Å². The molecule has 1 saturated heterocycles. The number of alkyl carbamates (subject to hydrolysis) is 1. The van der Waals surface area contributed by atoms with Gasteiger partial charge >= 0.3 is 12.1 Å². The zero-order chi connectivity index (χ0) is 14.1. The summed E-state index contributed by atoms with van der Waals surface area (Å²) in [5, 5.41) is 21.4. The lowest BCUT2D eigenvalue weighted by Crippen LogP contribution is -2.61. The first-order valence-corrected chi connectivity index (χ1v) is 5.68. The van der Waals surface area contributed by atoms with Crippen molar-refractivity contribution in [2.75, 3.05) is 0 Å². The number of aliphatic hydroxyl groups is 2. The van der Waals surface area contributed by atoms with Gasteiger partial charge in [-0.3, -0.25) is 0 Å². The van der Waals surface area contributed by atoms with Gasteiger partial charge in [0.05, 0.1) is 6.04 Å². The van der Waals surface area contributed by atoms with Crippen LogP contribution in [0.3, 0.4) is 0 Å². The third-order valence-electron chi connectivity index (χ3n) is 2.42. The van der Waals surface area contributed by atoms with Crippen molar-refractivity contribution in [1.82, 2.24) is 5.32 Å². The molecule has 18 heavy (non-hydrogen) atoms. The fourth-order valence-electron chi connectivity index (χ4n) is 1.59. The normalized spacial score (nSPS) is 32.7. The SMILES string of the molecule is C[C@H]1OC(=O)[C@H](O)[C@H](O)[C@H]1NC(=O)OC(C)(C)C. The van der Waals surface area contributed by atoms with Gasteiger partial charge < -0.3 is 25.0 Å². The van der Waals surface area contributed by atoms with Gasteiger partial charge in [0.1, 0.15) is 17.8 Å². The summed E-state index contributed by atoms with van der Waals surface area (Å²) in [6.45, 7) is 6.60. The van der Waals surface area contributed by atoms with E-state index in [-0.39, 0.29) is 0 Å². The molecule has 1 aliphatic heterocycles. The molecule has 1 rings (SSSR count). The quantitative estimate of drug-likeness (QED) is 0.552. The van der Waals surface area contributed by atoms with E-state index in [1.165, 1.54) is 6.92 Å². The predicted molar refractivity (Wildman–Crippen MR) is 60.7 cm³/mol. The van der Waals surface area contributed by atoms with Crippen LogP contribution in [-0.4, -0.2) is 52.2 Å². The first kappa shape index (κ1) is 14.7. The first-order chi connectivity index (χ1) is 8.11. The molecule has 0 unspecified atom stereocenters. The van der Waals surface area contributed by atoms with E-state index in [1.54, 1.807) is 20.8 Å². The highest BCUT2D eigenvalue weighted by atomic mass is 16.6. The second kappa shape index (κ2) is 5.11. The van der Waals surface area contributed by atoms with Crippen LogP contribution in [0.25, 0.3) is 0 Å².